The van der Waals surface area contributed by atoms with Crippen molar-refractivity contribution in [3.8, 4) is 17.2 Å². The molecule has 1 N–H and O–H groups in total. The molecule has 0 unspecified atom stereocenters. The van der Waals surface area contributed by atoms with E-state index in [4.69, 9.17) is 37.4 Å². The van der Waals surface area contributed by atoms with Crippen LogP contribution in [0.1, 0.15) is 33.6 Å². The van der Waals surface area contributed by atoms with E-state index in [0.717, 1.165) is 12.8 Å². The number of aromatic carboxylic acids is 1. The van der Waals surface area contributed by atoms with E-state index >= 15 is 0 Å². The summed E-state index contributed by atoms with van der Waals surface area (Å²) in [4.78, 5) is 26.3. The number of halogens is 2. The zero-order valence-electron chi connectivity index (χ0n) is 19.4. The average Bonchev–Trinajstić information content (AvgIpc) is 2.87. The van der Waals surface area contributed by atoms with Crippen LogP contribution < -0.4 is 14.2 Å². The fourth-order valence-corrected chi connectivity index (χ4v) is 4.25. The van der Waals surface area contributed by atoms with Crippen molar-refractivity contribution < 1.29 is 28.9 Å². The second-order valence-corrected chi connectivity index (χ2v) is 9.13. The van der Waals surface area contributed by atoms with Gasteiger partial charge in [0, 0.05) is 28.2 Å². The molecular weight excluding hydrogens is 505 g/mol. The van der Waals surface area contributed by atoms with Crippen LogP contribution in [0.5, 0.6) is 17.2 Å². The van der Waals surface area contributed by atoms with Crippen LogP contribution in [0, 0.1) is 0 Å². The lowest BCUT2D eigenvalue weighted by Crippen LogP contribution is -2.44. The Bertz CT molecular complexity index is 1220. The number of nitrogens with zero attached hydrogens (tertiary/aromatic N) is 1. The SMILES string of the molecule is O=C(O)c1ccc(O[C@H]2CCCN(C(=O)c3cccc(Cl)c3)C2)cc1OCCOc1ccc(Cl)cc1. The minimum absolute atomic E-state index is 0.0234. The smallest absolute Gasteiger partial charge is 0.339 e. The fraction of sp³-hybridized carbons (Fsp3) is 0.259. The second-order valence-electron chi connectivity index (χ2n) is 8.26. The number of carboxylic acid groups (broad SMARTS) is 1. The lowest BCUT2D eigenvalue weighted by Gasteiger charge is -2.33. The molecule has 0 spiro atoms. The fourth-order valence-electron chi connectivity index (χ4n) is 3.93. The van der Waals surface area contributed by atoms with Crippen molar-refractivity contribution in [1.29, 1.82) is 0 Å². The van der Waals surface area contributed by atoms with Crippen LogP contribution in [-0.2, 0) is 0 Å². The standard InChI is InChI=1S/C27H25Cl2NO6/c28-19-6-8-21(9-7-19)34-13-14-35-25-16-22(10-11-24(25)27(32)33)36-23-5-2-12-30(17-23)26(31)18-3-1-4-20(29)15-18/h1,3-4,6-11,15-16,23H,2,5,12-14,17H2,(H,32,33)/t23-/m0/s1. The van der Waals surface area contributed by atoms with Gasteiger partial charge in [0.2, 0.25) is 0 Å². The molecule has 3 aromatic rings. The average molecular weight is 530 g/mol. The van der Waals surface area contributed by atoms with E-state index in [1.807, 2.05) is 0 Å². The number of hydrogen-bond donors (Lipinski definition) is 1. The van der Waals surface area contributed by atoms with Crippen molar-refractivity contribution in [3.63, 3.8) is 0 Å². The third kappa shape index (κ3) is 6.83. The molecule has 1 saturated heterocycles. The normalized spacial score (nSPS) is 15.3. The third-order valence-electron chi connectivity index (χ3n) is 5.65. The van der Waals surface area contributed by atoms with Gasteiger partial charge in [0.15, 0.2) is 0 Å². The molecule has 1 aliphatic heterocycles. The molecule has 1 aliphatic rings. The summed E-state index contributed by atoms with van der Waals surface area (Å²) in [5.41, 5.74) is 0.556. The Morgan fingerprint density at radius 3 is 2.42 bits per heavy atom. The van der Waals surface area contributed by atoms with Gasteiger partial charge in [0.05, 0.1) is 6.54 Å². The summed E-state index contributed by atoms with van der Waals surface area (Å²) in [6.07, 6.45) is 1.32. The minimum Gasteiger partial charge on any atom is -0.490 e. The van der Waals surface area contributed by atoms with E-state index < -0.39 is 5.97 Å². The predicted molar refractivity (Wildman–Crippen MR) is 137 cm³/mol. The van der Waals surface area contributed by atoms with Gasteiger partial charge in [0.1, 0.15) is 42.1 Å². The maximum absolute atomic E-state index is 12.9. The van der Waals surface area contributed by atoms with Crippen LogP contribution >= 0.6 is 23.2 Å². The van der Waals surface area contributed by atoms with Crippen LogP contribution in [0.2, 0.25) is 10.0 Å². The first kappa shape index (κ1) is 25.7. The van der Waals surface area contributed by atoms with Crippen LogP contribution in [0.4, 0.5) is 0 Å². The molecule has 0 aliphatic carbocycles. The summed E-state index contributed by atoms with van der Waals surface area (Å²) < 4.78 is 17.4. The number of ether oxygens (including phenoxy) is 3. The molecule has 3 aromatic carbocycles. The molecule has 0 saturated carbocycles. The van der Waals surface area contributed by atoms with Gasteiger partial charge in [-0.15, -0.1) is 0 Å². The highest BCUT2D eigenvalue weighted by Crippen LogP contribution is 2.28. The number of rotatable bonds is 9. The Kier molecular flexibility index (Phi) is 8.57. The second kappa shape index (κ2) is 12.0. The van der Waals surface area contributed by atoms with E-state index in [1.54, 1.807) is 65.6 Å². The first-order chi connectivity index (χ1) is 17.4. The molecule has 36 heavy (non-hydrogen) atoms. The van der Waals surface area contributed by atoms with Crippen LogP contribution in [0.3, 0.4) is 0 Å². The molecular formula is C27H25Cl2NO6. The third-order valence-corrected chi connectivity index (χ3v) is 6.13. The lowest BCUT2D eigenvalue weighted by atomic mass is 10.1. The number of carboxylic acids is 1. The Labute approximate surface area is 219 Å². The van der Waals surface area contributed by atoms with Crippen molar-refractivity contribution in [2.24, 2.45) is 0 Å². The molecule has 188 valence electrons. The number of hydrogen-bond acceptors (Lipinski definition) is 5. The molecule has 1 fully saturated rings. The van der Waals surface area contributed by atoms with Gasteiger partial charge in [-0.1, -0.05) is 29.3 Å². The molecule has 9 heteroatoms. The van der Waals surface area contributed by atoms with E-state index in [-0.39, 0.29) is 36.5 Å². The predicted octanol–water partition coefficient (Wildman–Crippen LogP) is 5.83. The largest absolute Gasteiger partial charge is 0.490 e. The van der Waals surface area contributed by atoms with Gasteiger partial charge < -0.3 is 24.2 Å². The van der Waals surface area contributed by atoms with Crippen LogP contribution in [0.15, 0.2) is 66.7 Å². The quantitative estimate of drug-likeness (QED) is 0.351. The number of amides is 1. The number of carbonyl (C=O) groups is 2. The zero-order chi connectivity index (χ0) is 25.5. The summed E-state index contributed by atoms with van der Waals surface area (Å²) in [5.74, 6) is 0.0774. The highest BCUT2D eigenvalue weighted by Gasteiger charge is 2.26. The monoisotopic (exact) mass is 529 g/mol. The molecule has 0 radical (unpaired) electrons. The number of likely N-dealkylation sites (tertiary alicyclic amines) is 1. The number of piperidine rings is 1. The topological polar surface area (TPSA) is 85.3 Å². The van der Waals surface area contributed by atoms with Crippen molar-refractivity contribution in [3.05, 3.63) is 87.9 Å². The minimum atomic E-state index is -1.11. The van der Waals surface area contributed by atoms with Crippen molar-refractivity contribution in [2.75, 3.05) is 26.3 Å². The van der Waals surface area contributed by atoms with Crippen LogP contribution in [0.25, 0.3) is 0 Å². The molecule has 1 heterocycles. The first-order valence-electron chi connectivity index (χ1n) is 11.5. The van der Waals surface area contributed by atoms with Crippen molar-refractivity contribution >= 4 is 35.1 Å². The molecule has 1 atom stereocenters. The molecule has 1 amide bonds. The highest BCUT2D eigenvalue weighted by atomic mass is 35.5. The molecule has 4 rings (SSSR count). The van der Waals surface area contributed by atoms with E-state index in [1.165, 1.54) is 6.07 Å². The summed E-state index contributed by atoms with van der Waals surface area (Å²) in [5, 5.41) is 10.7. The molecule has 0 bridgehead atoms. The van der Waals surface area contributed by atoms with Gasteiger partial charge in [-0.2, -0.15) is 0 Å². The maximum Gasteiger partial charge on any atom is 0.339 e. The Morgan fingerprint density at radius 2 is 1.67 bits per heavy atom. The van der Waals surface area contributed by atoms with Crippen molar-refractivity contribution in [1.82, 2.24) is 4.90 Å². The van der Waals surface area contributed by atoms with Crippen LogP contribution in [-0.4, -0.2) is 54.3 Å². The molecule has 7 nitrogen and oxygen atoms in total. The van der Waals surface area contributed by atoms with Crippen molar-refractivity contribution in [2.45, 2.75) is 18.9 Å². The summed E-state index contributed by atoms with van der Waals surface area (Å²) in [6, 6.07) is 18.4. The van der Waals surface area contributed by atoms with Gasteiger partial charge in [0.25, 0.3) is 5.91 Å². The Morgan fingerprint density at radius 1 is 0.917 bits per heavy atom. The van der Waals surface area contributed by atoms with E-state index in [9.17, 15) is 14.7 Å². The maximum atomic E-state index is 12.9. The summed E-state index contributed by atoms with van der Waals surface area (Å²) in [7, 11) is 0. The number of benzene rings is 3. The number of carbonyl (C=O) groups excluding carboxylic acids is 1. The van der Waals surface area contributed by atoms with Gasteiger partial charge in [-0.05, 0) is 67.4 Å². The zero-order valence-corrected chi connectivity index (χ0v) is 20.9. The lowest BCUT2D eigenvalue weighted by molar-refractivity contribution is 0.0536. The van der Waals surface area contributed by atoms with Gasteiger partial charge in [-0.3, -0.25) is 4.79 Å². The van der Waals surface area contributed by atoms with Gasteiger partial charge >= 0.3 is 5.97 Å². The van der Waals surface area contributed by atoms with Gasteiger partial charge in [-0.25, -0.2) is 4.79 Å². The Hall–Kier alpha value is -3.42. The summed E-state index contributed by atoms with van der Waals surface area (Å²) in [6.45, 7) is 1.40. The molecule has 0 aromatic heterocycles. The summed E-state index contributed by atoms with van der Waals surface area (Å²) >= 11 is 11.9. The highest BCUT2D eigenvalue weighted by molar-refractivity contribution is 6.31. The first-order valence-corrected chi connectivity index (χ1v) is 12.2. The van der Waals surface area contributed by atoms with E-state index in [2.05, 4.69) is 0 Å². The van der Waals surface area contributed by atoms with E-state index in [0.29, 0.717) is 40.2 Å². The Balaban J connectivity index is 1.37.